The van der Waals surface area contributed by atoms with Gasteiger partial charge < -0.3 is 10.6 Å². The van der Waals surface area contributed by atoms with Crippen molar-refractivity contribution in [1.29, 1.82) is 0 Å². The lowest BCUT2D eigenvalue weighted by molar-refractivity contribution is -0.123. The van der Waals surface area contributed by atoms with Gasteiger partial charge in [-0.05, 0) is 22.3 Å². The van der Waals surface area contributed by atoms with Crippen LogP contribution in [0.2, 0.25) is 0 Å². The Morgan fingerprint density at radius 1 is 0.368 bits per heavy atom. The van der Waals surface area contributed by atoms with Crippen LogP contribution >= 0.6 is 0 Å². The fraction of sp³-hybridized carbons (Fsp3) is 0.0667. The Morgan fingerprint density at radius 2 is 0.605 bits per heavy atom. The van der Waals surface area contributed by atoms with Gasteiger partial charge in [0.2, 0.25) is 0 Å². The van der Waals surface area contributed by atoms with Crippen molar-refractivity contribution in [2.75, 3.05) is 0 Å². The molecule has 6 amide bonds. The summed E-state index contributed by atoms with van der Waals surface area (Å²) in [5, 5.41) is 10.1. The van der Waals surface area contributed by atoms with E-state index in [1.807, 2.05) is 121 Å². The number of rotatable bonds is 4. The highest BCUT2D eigenvalue weighted by Gasteiger charge is 2.50. The number of amides is 6. The highest BCUT2D eigenvalue weighted by Crippen LogP contribution is 2.33. The lowest BCUT2D eigenvalue weighted by atomic mass is 9.83. The van der Waals surface area contributed by atoms with E-state index >= 15 is 0 Å². The first-order chi connectivity index (χ1) is 18.5. The van der Waals surface area contributed by atoms with Crippen LogP contribution in [-0.4, -0.2) is 23.9 Å². The van der Waals surface area contributed by atoms with Crippen molar-refractivity contribution >= 4 is 23.9 Å². The maximum Gasteiger partial charge on any atom is 0.322 e. The minimum atomic E-state index is -1.14. The molecule has 2 fully saturated rings. The van der Waals surface area contributed by atoms with E-state index in [0.29, 0.717) is 0 Å². The number of nitrogens with one attached hydrogen (secondary N) is 4. The van der Waals surface area contributed by atoms with Crippen molar-refractivity contribution in [2.24, 2.45) is 0 Å². The van der Waals surface area contributed by atoms with Gasteiger partial charge in [-0.25, -0.2) is 9.59 Å². The first-order valence-corrected chi connectivity index (χ1v) is 12.0. The van der Waals surface area contributed by atoms with Crippen LogP contribution < -0.4 is 21.3 Å². The molecule has 0 aliphatic carbocycles. The van der Waals surface area contributed by atoms with Crippen molar-refractivity contribution in [2.45, 2.75) is 11.1 Å². The van der Waals surface area contributed by atoms with Gasteiger partial charge in [0, 0.05) is 0 Å². The van der Waals surface area contributed by atoms with Crippen LogP contribution in [-0.2, 0) is 20.7 Å². The fourth-order valence-electron chi connectivity index (χ4n) is 4.81. The van der Waals surface area contributed by atoms with Crippen molar-refractivity contribution < 1.29 is 19.2 Å². The van der Waals surface area contributed by atoms with Crippen molar-refractivity contribution in [1.82, 2.24) is 21.3 Å². The van der Waals surface area contributed by atoms with Crippen LogP contribution in [0, 0.1) is 0 Å². The third kappa shape index (κ3) is 4.18. The second kappa shape index (κ2) is 10.0. The van der Waals surface area contributed by atoms with Gasteiger partial charge in [-0.15, -0.1) is 0 Å². The van der Waals surface area contributed by atoms with Gasteiger partial charge in [-0.2, -0.15) is 0 Å². The molecule has 6 rings (SSSR count). The molecule has 0 bridgehead atoms. The number of imide groups is 2. The Bertz CT molecular complexity index is 1280. The van der Waals surface area contributed by atoms with E-state index in [4.69, 9.17) is 0 Å². The summed E-state index contributed by atoms with van der Waals surface area (Å²) in [6, 6.07) is 36.0. The molecule has 0 radical (unpaired) electrons. The van der Waals surface area contributed by atoms with Crippen LogP contribution in [0.1, 0.15) is 22.3 Å². The Morgan fingerprint density at radius 3 is 0.789 bits per heavy atom. The van der Waals surface area contributed by atoms with E-state index in [0.717, 1.165) is 22.3 Å². The Hall–Kier alpha value is -5.24. The lowest BCUT2D eigenvalue weighted by Gasteiger charge is -2.27. The Labute approximate surface area is 219 Å². The largest absolute Gasteiger partial charge is 0.322 e. The molecular weight excluding hydrogens is 480 g/mol. The van der Waals surface area contributed by atoms with E-state index in [1.165, 1.54) is 0 Å². The van der Waals surface area contributed by atoms with Gasteiger partial charge in [-0.1, -0.05) is 121 Å². The number of carbonyl (C=O) groups excluding carboxylic acids is 4. The summed E-state index contributed by atoms with van der Waals surface area (Å²) < 4.78 is 0. The Balaban J connectivity index is 0.000000155. The molecule has 4 aromatic carbocycles. The normalized spacial score (nSPS) is 16.8. The number of carbonyl (C=O) groups is 4. The molecule has 8 heteroatoms. The summed E-state index contributed by atoms with van der Waals surface area (Å²) >= 11 is 0. The van der Waals surface area contributed by atoms with Gasteiger partial charge in [0.15, 0.2) is 11.1 Å². The zero-order valence-corrected chi connectivity index (χ0v) is 20.2. The van der Waals surface area contributed by atoms with E-state index in [1.54, 1.807) is 0 Å². The van der Waals surface area contributed by atoms with Gasteiger partial charge in [-0.3, -0.25) is 20.2 Å². The van der Waals surface area contributed by atoms with Gasteiger partial charge in [0.05, 0.1) is 0 Å². The molecule has 2 heterocycles. The molecule has 188 valence electrons. The van der Waals surface area contributed by atoms with E-state index in [9.17, 15) is 19.2 Å². The molecule has 4 aromatic rings. The van der Waals surface area contributed by atoms with Crippen molar-refractivity contribution in [3.05, 3.63) is 144 Å². The molecule has 0 aromatic heterocycles. The van der Waals surface area contributed by atoms with Gasteiger partial charge >= 0.3 is 12.1 Å². The topological polar surface area (TPSA) is 116 Å². The molecule has 38 heavy (non-hydrogen) atoms. The standard InChI is InChI=1S/2C15H12N2O2/c2*18-13-15(17-14(19)16-13,11-7-3-1-4-8-11)12-9-5-2-6-10-12/h2*1-10H,(H2,16,17,18,19). The minimum Gasteiger partial charge on any atom is -0.316 e. The van der Waals surface area contributed by atoms with E-state index in [2.05, 4.69) is 21.3 Å². The summed E-state index contributed by atoms with van der Waals surface area (Å²) in [5.74, 6) is -0.704. The number of hydrogen-bond donors (Lipinski definition) is 4. The summed E-state index contributed by atoms with van der Waals surface area (Å²) in [4.78, 5) is 47.8. The van der Waals surface area contributed by atoms with Crippen molar-refractivity contribution in [3.63, 3.8) is 0 Å². The second-order valence-corrected chi connectivity index (χ2v) is 8.78. The number of benzene rings is 4. The van der Waals surface area contributed by atoms with Gasteiger partial charge in [0.1, 0.15) is 0 Å². The SMILES string of the molecule is O=C1NC(=O)C(c2ccccc2)(c2ccccc2)N1.O=C1NC(=O)C(c2ccccc2)(c2ccccc2)N1. The van der Waals surface area contributed by atoms with Crippen molar-refractivity contribution in [3.8, 4) is 0 Å². The first kappa shape index (κ1) is 24.5. The molecule has 0 atom stereocenters. The molecule has 0 saturated carbocycles. The monoisotopic (exact) mass is 504 g/mol. The summed E-state index contributed by atoms with van der Waals surface area (Å²) in [6.07, 6.45) is 0. The quantitative estimate of drug-likeness (QED) is 0.318. The summed E-state index contributed by atoms with van der Waals surface area (Å²) in [6.45, 7) is 0. The molecule has 0 spiro atoms. The highest BCUT2D eigenvalue weighted by molar-refractivity contribution is 6.10. The van der Waals surface area contributed by atoms with E-state index in [-0.39, 0.29) is 11.8 Å². The minimum absolute atomic E-state index is 0.352. The molecule has 8 nitrogen and oxygen atoms in total. The summed E-state index contributed by atoms with van der Waals surface area (Å²) in [7, 11) is 0. The average molecular weight is 505 g/mol. The third-order valence-electron chi connectivity index (χ3n) is 6.56. The van der Waals surface area contributed by atoms with Crippen LogP contribution in [0.4, 0.5) is 9.59 Å². The molecular formula is C30H24N4O4. The molecule has 4 N–H and O–H groups in total. The Kier molecular flexibility index (Phi) is 6.45. The van der Waals surface area contributed by atoms with Crippen LogP contribution in [0.5, 0.6) is 0 Å². The highest BCUT2D eigenvalue weighted by atomic mass is 16.2. The van der Waals surface area contributed by atoms with Gasteiger partial charge in [0.25, 0.3) is 11.8 Å². The van der Waals surface area contributed by atoms with Crippen LogP contribution in [0.3, 0.4) is 0 Å². The zero-order chi connectivity index (χ0) is 26.6. The fourth-order valence-corrected chi connectivity index (χ4v) is 4.81. The number of hydrogen-bond acceptors (Lipinski definition) is 4. The van der Waals surface area contributed by atoms with Crippen LogP contribution in [0.15, 0.2) is 121 Å². The average Bonchev–Trinajstić information content (AvgIpc) is 3.45. The maximum absolute atomic E-state index is 12.3. The van der Waals surface area contributed by atoms with Crippen LogP contribution in [0.25, 0.3) is 0 Å². The van der Waals surface area contributed by atoms with E-state index < -0.39 is 23.1 Å². The zero-order valence-electron chi connectivity index (χ0n) is 20.2. The first-order valence-electron chi connectivity index (χ1n) is 12.0. The third-order valence-corrected chi connectivity index (χ3v) is 6.56. The smallest absolute Gasteiger partial charge is 0.316 e. The lowest BCUT2D eigenvalue weighted by Crippen LogP contribution is -2.44. The molecule has 0 unspecified atom stereocenters. The number of urea groups is 2. The maximum atomic E-state index is 12.3. The predicted octanol–water partition coefficient (Wildman–Crippen LogP) is 3.54. The molecule has 2 saturated heterocycles. The second-order valence-electron chi connectivity index (χ2n) is 8.78. The predicted molar refractivity (Wildman–Crippen MR) is 141 cm³/mol. The molecule has 2 aliphatic heterocycles. The molecule has 2 aliphatic rings. The summed E-state index contributed by atoms with van der Waals surface area (Å²) in [5.41, 5.74) is 0.683.